The van der Waals surface area contributed by atoms with Crippen LogP contribution in [0.5, 0.6) is 0 Å². The lowest BCUT2D eigenvalue weighted by molar-refractivity contribution is -0.119. The quantitative estimate of drug-likeness (QED) is 0.415. The second kappa shape index (κ2) is 8.71. The first-order valence-corrected chi connectivity index (χ1v) is 10.9. The van der Waals surface area contributed by atoms with E-state index in [4.69, 9.17) is 4.74 Å². The molecule has 1 aliphatic rings. The van der Waals surface area contributed by atoms with Gasteiger partial charge in [0.1, 0.15) is 0 Å². The van der Waals surface area contributed by atoms with Crippen molar-refractivity contribution in [2.75, 3.05) is 11.9 Å². The molecule has 0 unspecified atom stereocenters. The lowest BCUT2D eigenvalue weighted by Crippen LogP contribution is -2.21. The first-order chi connectivity index (χ1) is 15.7. The third-order valence-electron chi connectivity index (χ3n) is 5.95. The van der Waals surface area contributed by atoms with E-state index in [9.17, 15) is 9.59 Å². The molecule has 1 aromatic heterocycles. The second-order valence-corrected chi connectivity index (χ2v) is 8.09. The zero-order valence-electron chi connectivity index (χ0n) is 17.7. The number of rotatable bonds is 5. The number of fused-ring (bicyclic) bond motifs is 3. The molecule has 0 saturated carbocycles. The largest absolute Gasteiger partial charge is 0.452 e. The third kappa shape index (κ3) is 4.02. The fourth-order valence-electron chi connectivity index (χ4n) is 4.40. The molecule has 0 radical (unpaired) electrons. The molecular formula is C27H24N2O3. The second-order valence-electron chi connectivity index (χ2n) is 8.09. The minimum atomic E-state index is -0.496. The summed E-state index contributed by atoms with van der Waals surface area (Å²) in [6, 6.07) is 22.9. The number of carbonyl (C=O) groups is 2. The molecular weight excluding hydrogens is 400 g/mol. The van der Waals surface area contributed by atoms with Gasteiger partial charge in [-0.3, -0.25) is 4.79 Å². The predicted molar refractivity (Wildman–Crippen MR) is 126 cm³/mol. The SMILES string of the molecule is O=C(COC(=O)c1ccc2[nH]c3c(c2c1)CCCC3)Nc1ccccc1-c1ccccc1. The zero-order valence-corrected chi connectivity index (χ0v) is 17.7. The number of anilines is 1. The van der Waals surface area contributed by atoms with Gasteiger partial charge in [-0.1, -0.05) is 48.5 Å². The molecule has 0 fully saturated rings. The van der Waals surface area contributed by atoms with Gasteiger partial charge in [-0.15, -0.1) is 0 Å². The van der Waals surface area contributed by atoms with Gasteiger partial charge in [0.2, 0.25) is 0 Å². The van der Waals surface area contributed by atoms with Gasteiger partial charge in [0.05, 0.1) is 5.56 Å². The summed E-state index contributed by atoms with van der Waals surface area (Å²) in [6.45, 7) is -0.342. The van der Waals surface area contributed by atoms with Gasteiger partial charge in [-0.25, -0.2) is 4.79 Å². The minimum Gasteiger partial charge on any atom is -0.452 e. The number of benzene rings is 3. The molecule has 0 spiro atoms. The molecule has 160 valence electrons. The fourth-order valence-corrected chi connectivity index (χ4v) is 4.40. The molecule has 1 heterocycles. The lowest BCUT2D eigenvalue weighted by Gasteiger charge is -2.12. The highest BCUT2D eigenvalue weighted by Crippen LogP contribution is 2.30. The van der Waals surface area contributed by atoms with E-state index in [1.807, 2.05) is 66.7 Å². The van der Waals surface area contributed by atoms with Crippen LogP contribution < -0.4 is 5.32 Å². The molecule has 4 aromatic rings. The fraction of sp³-hybridized carbons (Fsp3) is 0.185. The minimum absolute atomic E-state index is 0.342. The maximum atomic E-state index is 12.6. The van der Waals surface area contributed by atoms with E-state index < -0.39 is 5.97 Å². The van der Waals surface area contributed by atoms with Crippen LogP contribution in [0.1, 0.15) is 34.5 Å². The molecule has 0 saturated heterocycles. The Morgan fingerprint density at radius 2 is 1.69 bits per heavy atom. The van der Waals surface area contributed by atoms with E-state index in [1.165, 1.54) is 24.1 Å². The maximum Gasteiger partial charge on any atom is 0.338 e. The van der Waals surface area contributed by atoms with Crippen LogP contribution in [0.15, 0.2) is 72.8 Å². The molecule has 2 N–H and O–H groups in total. The number of carbonyl (C=O) groups excluding carboxylic acids is 2. The van der Waals surface area contributed by atoms with Gasteiger partial charge < -0.3 is 15.0 Å². The maximum absolute atomic E-state index is 12.6. The van der Waals surface area contributed by atoms with Gasteiger partial charge >= 0.3 is 5.97 Å². The highest BCUT2D eigenvalue weighted by atomic mass is 16.5. The Kier molecular flexibility index (Phi) is 5.46. The number of aromatic amines is 1. The summed E-state index contributed by atoms with van der Waals surface area (Å²) >= 11 is 0. The number of amides is 1. The predicted octanol–water partition coefficient (Wildman–Crippen LogP) is 5.51. The summed E-state index contributed by atoms with van der Waals surface area (Å²) in [7, 11) is 0. The number of hydrogen-bond acceptors (Lipinski definition) is 3. The Morgan fingerprint density at radius 3 is 2.56 bits per heavy atom. The van der Waals surface area contributed by atoms with E-state index >= 15 is 0 Å². The normalized spacial score (nSPS) is 12.9. The highest BCUT2D eigenvalue weighted by molar-refractivity contribution is 6.00. The topological polar surface area (TPSA) is 71.2 Å². The van der Waals surface area contributed by atoms with E-state index in [-0.39, 0.29) is 12.5 Å². The molecule has 0 bridgehead atoms. The number of aryl methyl sites for hydroxylation is 2. The van der Waals surface area contributed by atoms with Crippen LogP contribution in [-0.4, -0.2) is 23.5 Å². The van der Waals surface area contributed by atoms with Gasteiger partial charge in [0.15, 0.2) is 6.61 Å². The Bertz CT molecular complexity index is 1290. The number of para-hydroxylation sites is 1. The van der Waals surface area contributed by atoms with Crippen molar-refractivity contribution in [3.8, 4) is 11.1 Å². The van der Waals surface area contributed by atoms with Crippen molar-refractivity contribution in [1.29, 1.82) is 0 Å². The summed E-state index contributed by atoms with van der Waals surface area (Å²) < 4.78 is 5.32. The zero-order chi connectivity index (χ0) is 21.9. The van der Waals surface area contributed by atoms with Crippen molar-refractivity contribution in [2.45, 2.75) is 25.7 Å². The van der Waals surface area contributed by atoms with Gasteiger partial charge in [0, 0.05) is 27.8 Å². The highest BCUT2D eigenvalue weighted by Gasteiger charge is 2.18. The van der Waals surface area contributed by atoms with Crippen LogP contribution in [0.25, 0.3) is 22.0 Å². The Morgan fingerprint density at radius 1 is 0.906 bits per heavy atom. The van der Waals surface area contributed by atoms with E-state index in [0.717, 1.165) is 34.9 Å². The molecule has 1 amide bonds. The number of esters is 1. The monoisotopic (exact) mass is 424 g/mol. The van der Waals surface area contributed by atoms with Crippen LogP contribution in [-0.2, 0) is 22.4 Å². The number of ether oxygens (including phenoxy) is 1. The Hall–Kier alpha value is -3.86. The Balaban J connectivity index is 1.27. The van der Waals surface area contributed by atoms with Crippen LogP contribution >= 0.6 is 0 Å². The summed E-state index contributed by atoms with van der Waals surface area (Å²) in [6.07, 6.45) is 4.43. The van der Waals surface area contributed by atoms with Crippen molar-refractivity contribution < 1.29 is 14.3 Å². The van der Waals surface area contributed by atoms with Crippen LogP contribution in [0, 0.1) is 0 Å². The van der Waals surface area contributed by atoms with Crippen LogP contribution in [0.2, 0.25) is 0 Å². The summed E-state index contributed by atoms with van der Waals surface area (Å²) in [5, 5.41) is 3.94. The average molecular weight is 425 g/mol. The summed E-state index contributed by atoms with van der Waals surface area (Å²) in [4.78, 5) is 28.6. The first kappa shape index (κ1) is 20.1. The number of hydrogen-bond donors (Lipinski definition) is 2. The van der Waals surface area contributed by atoms with Crippen LogP contribution in [0.4, 0.5) is 5.69 Å². The van der Waals surface area contributed by atoms with E-state index in [2.05, 4.69) is 10.3 Å². The van der Waals surface area contributed by atoms with Gasteiger partial charge in [0.25, 0.3) is 5.91 Å². The molecule has 0 atom stereocenters. The van der Waals surface area contributed by atoms with E-state index in [0.29, 0.717) is 11.3 Å². The van der Waals surface area contributed by atoms with Crippen molar-refractivity contribution in [3.63, 3.8) is 0 Å². The Labute approximate surface area is 186 Å². The smallest absolute Gasteiger partial charge is 0.338 e. The average Bonchev–Trinajstić information content (AvgIpc) is 3.21. The molecule has 5 rings (SSSR count). The molecule has 1 aliphatic carbocycles. The number of aromatic nitrogens is 1. The molecule has 5 nitrogen and oxygen atoms in total. The summed E-state index contributed by atoms with van der Waals surface area (Å²) in [5.74, 6) is -0.869. The standard InChI is InChI=1S/C27H24N2O3/c30-26(29-23-12-6-4-10-20(23)18-8-2-1-3-9-18)17-32-27(31)19-14-15-25-22(16-19)21-11-5-7-13-24(21)28-25/h1-4,6,8-10,12,14-16,28H,5,7,11,13,17H2,(H,29,30). The van der Waals surface area contributed by atoms with Crippen molar-refractivity contribution in [1.82, 2.24) is 4.98 Å². The van der Waals surface area contributed by atoms with Gasteiger partial charge in [-0.2, -0.15) is 0 Å². The first-order valence-electron chi connectivity index (χ1n) is 10.9. The van der Waals surface area contributed by atoms with Crippen molar-refractivity contribution in [3.05, 3.63) is 89.6 Å². The van der Waals surface area contributed by atoms with E-state index in [1.54, 1.807) is 6.07 Å². The molecule has 5 heteroatoms. The van der Waals surface area contributed by atoms with Gasteiger partial charge in [-0.05, 0) is 61.1 Å². The lowest BCUT2D eigenvalue weighted by atomic mass is 9.95. The van der Waals surface area contributed by atoms with Crippen molar-refractivity contribution in [2.24, 2.45) is 0 Å². The molecule has 0 aliphatic heterocycles. The molecule has 32 heavy (non-hydrogen) atoms. The van der Waals surface area contributed by atoms with Crippen molar-refractivity contribution >= 4 is 28.5 Å². The molecule has 3 aromatic carbocycles. The number of H-pyrrole nitrogens is 1. The third-order valence-corrected chi connectivity index (χ3v) is 5.95. The summed E-state index contributed by atoms with van der Waals surface area (Å²) in [5.41, 5.74) is 6.68. The van der Waals surface area contributed by atoms with Crippen LogP contribution in [0.3, 0.4) is 0 Å². The number of nitrogens with one attached hydrogen (secondary N) is 2.